The van der Waals surface area contributed by atoms with Gasteiger partial charge in [-0.3, -0.25) is 9.59 Å². The van der Waals surface area contributed by atoms with Crippen LogP contribution in [0.2, 0.25) is 0 Å². The fraction of sp³-hybridized carbons (Fsp3) is 0.533. The average molecular weight is 339 g/mol. The predicted octanol–water partition coefficient (Wildman–Crippen LogP) is 0.986. The maximum Gasteiger partial charge on any atom is 0.281 e. The van der Waals surface area contributed by atoms with Crippen LogP contribution in [0.5, 0.6) is 0 Å². The van der Waals surface area contributed by atoms with Gasteiger partial charge in [0.25, 0.3) is 15.9 Å². The van der Waals surface area contributed by atoms with Crippen LogP contribution in [-0.4, -0.2) is 42.2 Å². The number of sulfonamides is 1. The number of hydrogen-bond donors (Lipinski definition) is 1. The highest BCUT2D eigenvalue weighted by atomic mass is 32.2. The van der Waals surface area contributed by atoms with Crippen LogP contribution in [0.1, 0.15) is 38.7 Å². The minimum atomic E-state index is -4.05. The molecule has 126 valence electrons. The summed E-state index contributed by atoms with van der Waals surface area (Å²) in [7, 11) is -4.05. The van der Waals surface area contributed by atoms with Gasteiger partial charge in [-0.15, -0.1) is 0 Å². The number of pyridine rings is 1. The standard InChI is InChI=1S/C15H21N3O4S/c1-4-5-13(19)18-9-8-15(18,3)14(20)17-23(21,22)12-7-6-11(2)10-16-12/h6-7,10H,4-5,8-9H2,1-3H3,(H,17,20). The summed E-state index contributed by atoms with van der Waals surface area (Å²) >= 11 is 0. The number of aryl methyl sites for hydroxylation is 1. The second-order valence-electron chi connectivity index (χ2n) is 5.93. The van der Waals surface area contributed by atoms with Gasteiger partial charge in [-0.25, -0.2) is 9.71 Å². The van der Waals surface area contributed by atoms with Gasteiger partial charge in [0.2, 0.25) is 5.91 Å². The van der Waals surface area contributed by atoms with Crippen LogP contribution >= 0.6 is 0 Å². The van der Waals surface area contributed by atoms with Crippen molar-refractivity contribution in [2.24, 2.45) is 0 Å². The molecule has 1 atom stereocenters. The minimum absolute atomic E-state index is 0.137. The van der Waals surface area contributed by atoms with Gasteiger partial charge >= 0.3 is 0 Å². The molecule has 0 saturated carbocycles. The Labute approximate surface area is 136 Å². The number of carbonyl (C=O) groups is 2. The number of carbonyl (C=O) groups excluding carboxylic acids is 2. The molecule has 1 aliphatic rings. The lowest BCUT2D eigenvalue weighted by atomic mass is 9.85. The third-order valence-corrected chi connectivity index (χ3v) is 5.30. The van der Waals surface area contributed by atoms with Crippen molar-refractivity contribution in [2.45, 2.75) is 50.6 Å². The lowest BCUT2D eigenvalue weighted by molar-refractivity contribution is -0.156. The van der Waals surface area contributed by atoms with E-state index >= 15 is 0 Å². The molecular formula is C15H21N3O4S. The molecule has 0 bridgehead atoms. The molecule has 2 amide bonds. The Morgan fingerprint density at radius 1 is 1.39 bits per heavy atom. The van der Waals surface area contributed by atoms with Crippen molar-refractivity contribution in [3.63, 3.8) is 0 Å². The van der Waals surface area contributed by atoms with Gasteiger partial charge in [0, 0.05) is 19.2 Å². The Bertz CT molecular complexity index is 715. The number of hydrogen-bond acceptors (Lipinski definition) is 5. The quantitative estimate of drug-likeness (QED) is 0.863. The van der Waals surface area contributed by atoms with Crippen molar-refractivity contribution in [3.8, 4) is 0 Å². The second-order valence-corrected chi connectivity index (χ2v) is 7.56. The summed E-state index contributed by atoms with van der Waals surface area (Å²) < 4.78 is 26.5. The Kier molecular flexibility index (Phi) is 4.74. The van der Waals surface area contributed by atoms with Crippen molar-refractivity contribution in [3.05, 3.63) is 23.9 Å². The summed E-state index contributed by atoms with van der Waals surface area (Å²) in [5.74, 6) is -0.835. The molecule has 0 aliphatic carbocycles. The summed E-state index contributed by atoms with van der Waals surface area (Å²) in [6.07, 6.45) is 2.88. The molecule has 23 heavy (non-hydrogen) atoms. The van der Waals surface area contributed by atoms with Gasteiger partial charge < -0.3 is 4.90 Å². The highest BCUT2D eigenvalue weighted by molar-refractivity contribution is 7.90. The van der Waals surface area contributed by atoms with E-state index in [1.165, 1.54) is 17.2 Å². The maximum absolute atomic E-state index is 12.4. The van der Waals surface area contributed by atoms with E-state index in [0.717, 1.165) is 5.56 Å². The van der Waals surface area contributed by atoms with Gasteiger partial charge in [-0.05, 0) is 38.3 Å². The molecule has 1 saturated heterocycles. The van der Waals surface area contributed by atoms with Gasteiger partial charge in [0.1, 0.15) is 5.54 Å². The molecule has 0 spiro atoms. The molecule has 1 aromatic heterocycles. The predicted molar refractivity (Wildman–Crippen MR) is 83.9 cm³/mol. The number of likely N-dealkylation sites (tertiary alicyclic amines) is 1. The number of amides is 2. The highest BCUT2D eigenvalue weighted by Gasteiger charge is 2.50. The Morgan fingerprint density at radius 3 is 2.57 bits per heavy atom. The summed E-state index contributed by atoms with van der Waals surface area (Å²) in [5, 5.41) is -0.217. The first kappa shape index (κ1) is 17.4. The van der Waals surface area contributed by atoms with E-state index < -0.39 is 21.5 Å². The van der Waals surface area contributed by atoms with Crippen LogP contribution in [-0.2, 0) is 19.6 Å². The normalized spacial score (nSPS) is 20.7. The van der Waals surface area contributed by atoms with Crippen molar-refractivity contribution in [1.82, 2.24) is 14.6 Å². The monoisotopic (exact) mass is 339 g/mol. The van der Waals surface area contributed by atoms with E-state index in [0.29, 0.717) is 25.8 Å². The highest BCUT2D eigenvalue weighted by Crippen LogP contribution is 2.31. The summed E-state index contributed by atoms with van der Waals surface area (Å²) in [6, 6.07) is 2.95. The Balaban J connectivity index is 2.14. The van der Waals surface area contributed by atoms with Crippen molar-refractivity contribution < 1.29 is 18.0 Å². The van der Waals surface area contributed by atoms with Crippen molar-refractivity contribution in [2.75, 3.05) is 6.54 Å². The zero-order chi connectivity index (χ0) is 17.3. The first-order valence-electron chi connectivity index (χ1n) is 7.51. The zero-order valence-electron chi connectivity index (χ0n) is 13.5. The van der Waals surface area contributed by atoms with Crippen LogP contribution in [0.25, 0.3) is 0 Å². The third kappa shape index (κ3) is 3.36. The van der Waals surface area contributed by atoms with Crippen molar-refractivity contribution in [1.29, 1.82) is 0 Å². The topological polar surface area (TPSA) is 96.4 Å². The van der Waals surface area contributed by atoms with E-state index in [2.05, 4.69) is 4.98 Å². The van der Waals surface area contributed by atoms with Crippen LogP contribution in [0.3, 0.4) is 0 Å². The second kappa shape index (κ2) is 6.27. The van der Waals surface area contributed by atoms with Gasteiger partial charge in [-0.2, -0.15) is 8.42 Å². The lowest BCUT2D eigenvalue weighted by Crippen LogP contribution is -2.67. The number of aromatic nitrogens is 1. The van der Waals surface area contributed by atoms with E-state index in [4.69, 9.17) is 0 Å². The molecule has 1 aliphatic heterocycles. The summed E-state index contributed by atoms with van der Waals surface area (Å²) in [6.45, 7) is 5.71. The third-order valence-electron chi connectivity index (χ3n) is 4.06. The number of rotatable bonds is 5. The molecule has 1 aromatic rings. The fourth-order valence-corrected chi connectivity index (χ4v) is 3.45. The first-order chi connectivity index (χ1) is 10.7. The minimum Gasteiger partial charge on any atom is -0.328 e. The Hall–Kier alpha value is -1.96. The summed E-state index contributed by atoms with van der Waals surface area (Å²) in [5.41, 5.74) is -0.304. The van der Waals surface area contributed by atoms with Gasteiger partial charge in [0.05, 0.1) is 0 Å². The SMILES string of the molecule is CCCC(=O)N1CCC1(C)C(=O)NS(=O)(=O)c1ccc(C)cn1. The molecule has 7 nitrogen and oxygen atoms in total. The molecular weight excluding hydrogens is 318 g/mol. The molecule has 2 heterocycles. The number of nitrogens with one attached hydrogen (secondary N) is 1. The first-order valence-corrected chi connectivity index (χ1v) is 8.99. The van der Waals surface area contributed by atoms with Crippen LogP contribution < -0.4 is 4.72 Å². The van der Waals surface area contributed by atoms with Crippen LogP contribution in [0.4, 0.5) is 0 Å². The average Bonchev–Trinajstić information content (AvgIpc) is 2.45. The van der Waals surface area contributed by atoms with Gasteiger partial charge in [-0.1, -0.05) is 13.0 Å². The fourth-order valence-electron chi connectivity index (χ4n) is 2.44. The van der Waals surface area contributed by atoms with E-state index in [1.807, 2.05) is 11.6 Å². The molecule has 1 N–H and O–H groups in total. The van der Waals surface area contributed by atoms with Crippen molar-refractivity contribution >= 4 is 21.8 Å². The largest absolute Gasteiger partial charge is 0.328 e. The molecule has 1 fully saturated rings. The Morgan fingerprint density at radius 2 is 2.09 bits per heavy atom. The van der Waals surface area contributed by atoms with Gasteiger partial charge in [0.15, 0.2) is 5.03 Å². The number of nitrogens with zero attached hydrogens (tertiary/aromatic N) is 2. The van der Waals surface area contributed by atoms with Crippen LogP contribution in [0, 0.1) is 6.92 Å². The molecule has 0 radical (unpaired) electrons. The lowest BCUT2D eigenvalue weighted by Gasteiger charge is -2.48. The zero-order valence-corrected chi connectivity index (χ0v) is 14.3. The molecule has 2 rings (SSSR count). The smallest absolute Gasteiger partial charge is 0.281 e. The molecule has 0 aromatic carbocycles. The maximum atomic E-state index is 12.4. The van der Waals surface area contributed by atoms with E-state index in [1.54, 1.807) is 19.9 Å². The summed E-state index contributed by atoms with van der Waals surface area (Å²) in [4.78, 5) is 29.7. The molecule has 1 unspecified atom stereocenters. The van der Waals surface area contributed by atoms with Crippen LogP contribution in [0.15, 0.2) is 23.4 Å². The van der Waals surface area contributed by atoms with E-state index in [9.17, 15) is 18.0 Å². The van der Waals surface area contributed by atoms with E-state index in [-0.39, 0.29) is 10.9 Å². The molecule has 8 heteroatoms.